The van der Waals surface area contributed by atoms with Crippen LogP contribution in [0.1, 0.15) is 23.2 Å². The molecule has 4 rings (SSSR count). The molecule has 2 aromatic rings. The Balaban J connectivity index is 0.000000141. The van der Waals surface area contributed by atoms with Gasteiger partial charge in [-0.15, -0.1) is 0 Å². The molecule has 2 saturated heterocycles. The molecule has 2 fully saturated rings. The highest BCUT2D eigenvalue weighted by Gasteiger charge is 2.38. The molecule has 0 aliphatic carbocycles. The first-order chi connectivity index (χ1) is 11.6. The van der Waals surface area contributed by atoms with Gasteiger partial charge in [0.2, 0.25) is 0 Å². The van der Waals surface area contributed by atoms with Gasteiger partial charge in [0, 0.05) is 0 Å². The molecular weight excluding hydrogens is 308 g/mol. The lowest BCUT2D eigenvalue weighted by atomic mass is 9.94. The van der Waals surface area contributed by atoms with Gasteiger partial charge < -0.3 is 20.8 Å². The number of benzene rings is 2. The Bertz CT molecular complexity index is 657. The zero-order valence-corrected chi connectivity index (χ0v) is 12.8. The quantitative estimate of drug-likeness (QED) is 0.602. The van der Waals surface area contributed by atoms with Crippen LogP contribution < -0.4 is 10.6 Å². The van der Waals surface area contributed by atoms with Crippen molar-refractivity contribution < 1.29 is 19.8 Å². The Labute approximate surface area is 139 Å². The highest BCUT2D eigenvalue weighted by atomic mass is 16.3. The number of hydrogen-bond donors (Lipinski definition) is 4. The lowest BCUT2D eigenvalue weighted by molar-refractivity contribution is -0.143. The summed E-state index contributed by atoms with van der Waals surface area (Å²) in [6, 6.07) is 18.4. The van der Waals surface area contributed by atoms with E-state index in [2.05, 4.69) is 10.6 Å². The lowest BCUT2D eigenvalue weighted by Gasteiger charge is -2.33. The molecule has 2 heterocycles. The topological polar surface area (TPSA) is 98.7 Å². The number of rotatable bonds is 2. The molecule has 2 aliphatic rings. The van der Waals surface area contributed by atoms with Crippen LogP contribution in [0.5, 0.6) is 0 Å². The van der Waals surface area contributed by atoms with Gasteiger partial charge in [0.05, 0.1) is 12.1 Å². The van der Waals surface area contributed by atoms with Gasteiger partial charge in [0.1, 0.15) is 0 Å². The number of nitrogens with one attached hydrogen (secondary N) is 2. The highest BCUT2D eigenvalue weighted by Crippen LogP contribution is 2.24. The predicted octanol–water partition coefficient (Wildman–Crippen LogP) is 0.437. The number of hydrogen-bond acceptors (Lipinski definition) is 4. The van der Waals surface area contributed by atoms with E-state index in [0.717, 1.165) is 11.1 Å². The van der Waals surface area contributed by atoms with Gasteiger partial charge in [0.15, 0.2) is 12.2 Å². The van der Waals surface area contributed by atoms with E-state index in [1.54, 1.807) is 0 Å². The second-order valence-corrected chi connectivity index (χ2v) is 5.68. The Kier molecular flexibility index (Phi) is 4.59. The van der Waals surface area contributed by atoms with Crippen LogP contribution in [-0.2, 0) is 9.59 Å². The van der Waals surface area contributed by atoms with Crippen molar-refractivity contribution in [3.63, 3.8) is 0 Å². The number of aliphatic hydroxyl groups is 2. The van der Waals surface area contributed by atoms with Crippen molar-refractivity contribution in [3.05, 3.63) is 71.8 Å². The summed E-state index contributed by atoms with van der Waals surface area (Å²) in [6.45, 7) is 0. The molecule has 2 amide bonds. The SMILES string of the molecule is O=C1N[C@H](c2ccccc2)[C@@H]1O.O=C1N[C@H](c2ccccc2)[C@@H]1O. The molecule has 6 nitrogen and oxygen atoms in total. The van der Waals surface area contributed by atoms with Crippen molar-refractivity contribution in [3.8, 4) is 0 Å². The van der Waals surface area contributed by atoms with Crippen molar-refractivity contribution in [1.82, 2.24) is 10.6 Å². The van der Waals surface area contributed by atoms with Gasteiger partial charge in [-0.1, -0.05) is 60.7 Å². The Morgan fingerprint density at radius 3 is 1.21 bits per heavy atom. The minimum absolute atomic E-state index is 0.210. The smallest absolute Gasteiger partial charge is 0.251 e. The fraction of sp³-hybridized carbons (Fsp3) is 0.222. The summed E-state index contributed by atoms with van der Waals surface area (Å²) >= 11 is 0. The molecule has 24 heavy (non-hydrogen) atoms. The minimum atomic E-state index is -0.868. The van der Waals surface area contributed by atoms with E-state index in [9.17, 15) is 19.8 Å². The first kappa shape index (κ1) is 16.2. The van der Waals surface area contributed by atoms with Crippen LogP contribution >= 0.6 is 0 Å². The Morgan fingerprint density at radius 1 is 0.625 bits per heavy atom. The number of carbonyl (C=O) groups is 2. The Hall–Kier alpha value is -2.70. The summed E-state index contributed by atoms with van der Waals surface area (Å²) in [4.78, 5) is 21.3. The molecule has 4 atom stereocenters. The summed E-state index contributed by atoms with van der Waals surface area (Å²) in [7, 11) is 0. The third-order valence-electron chi connectivity index (χ3n) is 4.08. The number of amides is 2. The fourth-order valence-electron chi connectivity index (χ4n) is 2.60. The maximum atomic E-state index is 10.7. The molecular formula is C18H18N2O4. The van der Waals surface area contributed by atoms with Crippen LogP contribution in [0.2, 0.25) is 0 Å². The van der Waals surface area contributed by atoms with E-state index in [4.69, 9.17) is 0 Å². The van der Waals surface area contributed by atoms with Gasteiger partial charge in [-0.05, 0) is 11.1 Å². The molecule has 0 aromatic heterocycles. The van der Waals surface area contributed by atoms with Gasteiger partial charge in [-0.2, -0.15) is 0 Å². The summed E-state index contributed by atoms with van der Waals surface area (Å²) in [5, 5.41) is 23.7. The maximum absolute atomic E-state index is 10.7. The largest absolute Gasteiger partial charge is 0.381 e. The molecule has 0 radical (unpaired) electrons. The van der Waals surface area contributed by atoms with Crippen LogP contribution in [0.3, 0.4) is 0 Å². The fourth-order valence-corrected chi connectivity index (χ4v) is 2.60. The number of aliphatic hydroxyl groups excluding tert-OH is 2. The third kappa shape index (κ3) is 3.15. The van der Waals surface area contributed by atoms with Gasteiger partial charge in [-0.25, -0.2) is 0 Å². The van der Waals surface area contributed by atoms with Crippen molar-refractivity contribution in [1.29, 1.82) is 0 Å². The van der Waals surface area contributed by atoms with E-state index >= 15 is 0 Å². The average molecular weight is 326 g/mol. The molecule has 2 aliphatic heterocycles. The maximum Gasteiger partial charge on any atom is 0.251 e. The first-order valence-corrected chi connectivity index (χ1v) is 7.64. The van der Waals surface area contributed by atoms with Crippen LogP contribution in [0, 0.1) is 0 Å². The molecule has 0 saturated carbocycles. The molecule has 4 N–H and O–H groups in total. The Morgan fingerprint density at radius 2 is 0.958 bits per heavy atom. The van der Waals surface area contributed by atoms with E-state index in [1.165, 1.54) is 0 Å². The van der Waals surface area contributed by atoms with Crippen LogP contribution in [0.4, 0.5) is 0 Å². The van der Waals surface area contributed by atoms with Crippen molar-refractivity contribution in [2.45, 2.75) is 24.3 Å². The molecule has 2 aromatic carbocycles. The third-order valence-corrected chi connectivity index (χ3v) is 4.08. The minimum Gasteiger partial charge on any atom is -0.381 e. The van der Waals surface area contributed by atoms with Crippen LogP contribution in [0.25, 0.3) is 0 Å². The highest BCUT2D eigenvalue weighted by molar-refractivity contribution is 5.88. The number of β-lactam (4-membered cyclic amide) rings is 2. The second-order valence-electron chi connectivity index (χ2n) is 5.68. The van der Waals surface area contributed by atoms with Crippen molar-refractivity contribution >= 4 is 11.8 Å². The zero-order chi connectivity index (χ0) is 17.1. The molecule has 6 heteroatoms. The second kappa shape index (κ2) is 6.82. The molecule has 0 bridgehead atoms. The summed E-state index contributed by atoms with van der Waals surface area (Å²) in [5.74, 6) is -0.576. The lowest BCUT2D eigenvalue weighted by Crippen LogP contribution is -2.55. The predicted molar refractivity (Wildman–Crippen MR) is 86.7 cm³/mol. The van der Waals surface area contributed by atoms with Crippen LogP contribution in [-0.4, -0.2) is 34.2 Å². The summed E-state index contributed by atoms with van der Waals surface area (Å²) < 4.78 is 0. The number of carbonyl (C=O) groups excluding carboxylic acids is 2. The van der Waals surface area contributed by atoms with Crippen LogP contribution in [0.15, 0.2) is 60.7 Å². The zero-order valence-electron chi connectivity index (χ0n) is 12.8. The van der Waals surface area contributed by atoms with Gasteiger partial charge >= 0.3 is 0 Å². The van der Waals surface area contributed by atoms with E-state index in [0.29, 0.717) is 0 Å². The van der Waals surface area contributed by atoms with Gasteiger partial charge in [0.25, 0.3) is 11.8 Å². The molecule has 124 valence electrons. The molecule has 0 spiro atoms. The molecule has 0 unspecified atom stereocenters. The van der Waals surface area contributed by atoms with Crippen molar-refractivity contribution in [2.75, 3.05) is 0 Å². The monoisotopic (exact) mass is 326 g/mol. The van der Waals surface area contributed by atoms with Crippen molar-refractivity contribution in [2.24, 2.45) is 0 Å². The van der Waals surface area contributed by atoms with Gasteiger partial charge in [-0.3, -0.25) is 9.59 Å². The average Bonchev–Trinajstić information content (AvgIpc) is 2.65. The normalized spacial score (nSPS) is 27.6. The van der Waals surface area contributed by atoms with E-state index < -0.39 is 12.2 Å². The van der Waals surface area contributed by atoms with E-state index in [1.807, 2.05) is 60.7 Å². The summed E-state index contributed by atoms with van der Waals surface area (Å²) in [5.41, 5.74) is 1.90. The summed E-state index contributed by atoms with van der Waals surface area (Å²) in [6.07, 6.45) is -1.74. The standard InChI is InChI=1S/2C9H9NO2/c2*11-8-7(10-9(8)12)6-4-2-1-3-5-6/h2*1-5,7-8,11H,(H,10,12)/t2*7-,8+/m11/s1. The first-order valence-electron chi connectivity index (χ1n) is 7.64. The van der Waals surface area contributed by atoms with E-state index in [-0.39, 0.29) is 23.9 Å².